The number of carbonyl (C=O) groups is 1. The Morgan fingerprint density at radius 3 is 2.49 bits per heavy atom. The monoisotopic (exact) mass is 585 g/mol. The lowest BCUT2D eigenvalue weighted by molar-refractivity contribution is -0.127. The van der Waals surface area contributed by atoms with Gasteiger partial charge in [0, 0.05) is 12.0 Å². The highest BCUT2D eigenvalue weighted by Crippen LogP contribution is 2.37. The van der Waals surface area contributed by atoms with E-state index in [1.54, 1.807) is 20.8 Å². The SMILES string of the molecule is COc1ccc(F)cc1[C@H](Cn1c(=O)n(C(C)(C)C(=O)CC(C)C)c(=O)c2c(C)c(-c3ncco3)sc21)OC(C)C. The van der Waals surface area contributed by atoms with Crippen molar-refractivity contribution in [2.24, 2.45) is 5.92 Å². The Labute approximate surface area is 241 Å². The van der Waals surface area contributed by atoms with E-state index in [2.05, 4.69) is 4.98 Å². The van der Waals surface area contributed by atoms with Crippen molar-refractivity contribution in [1.29, 1.82) is 0 Å². The smallest absolute Gasteiger partial charge is 0.333 e. The number of hydrogen-bond acceptors (Lipinski definition) is 8. The van der Waals surface area contributed by atoms with Gasteiger partial charge in [-0.3, -0.25) is 14.2 Å². The Hall–Kier alpha value is -3.57. The summed E-state index contributed by atoms with van der Waals surface area (Å²) in [6, 6.07) is 4.11. The van der Waals surface area contributed by atoms with Crippen LogP contribution in [-0.4, -0.2) is 33.1 Å². The van der Waals surface area contributed by atoms with Gasteiger partial charge in [0.15, 0.2) is 5.78 Å². The van der Waals surface area contributed by atoms with Gasteiger partial charge in [0.1, 0.15) is 34.3 Å². The number of ketones is 1. The molecule has 9 nitrogen and oxygen atoms in total. The van der Waals surface area contributed by atoms with Gasteiger partial charge in [-0.15, -0.1) is 11.3 Å². The van der Waals surface area contributed by atoms with Crippen LogP contribution in [-0.2, 0) is 21.6 Å². The van der Waals surface area contributed by atoms with Crippen LogP contribution in [0.4, 0.5) is 4.39 Å². The molecule has 0 amide bonds. The summed E-state index contributed by atoms with van der Waals surface area (Å²) in [5, 5.41) is 0.280. The topological polar surface area (TPSA) is 106 Å². The summed E-state index contributed by atoms with van der Waals surface area (Å²) < 4.78 is 34.2. The zero-order valence-corrected chi connectivity index (χ0v) is 25.4. The number of thiophene rings is 1. The summed E-state index contributed by atoms with van der Waals surface area (Å²) in [7, 11) is 1.47. The van der Waals surface area contributed by atoms with E-state index in [-0.39, 0.29) is 36.2 Å². The standard InChI is InChI=1S/C30H36FN3O6S/c1-16(2)13-23(35)30(6,7)34-27(36)24-18(5)25(26-32-11-12-39-26)41-28(24)33(29(34)37)15-22(40-17(3)4)20-14-19(31)9-10-21(20)38-8/h9-12,14,16-17,22H,13,15H2,1-8H3/t22-/m0/s1. The molecule has 0 aliphatic heterocycles. The molecule has 41 heavy (non-hydrogen) atoms. The first-order valence-corrected chi connectivity index (χ1v) is 14.3. The molecule has 0 radical (unpaired) electrons. The number of ether oxygens (including phenoxy) is 2. The lowest BCUT2D eigenvalue weighted by Crippen LogP contribution is -2.53. The van der Waals surface area contributed by atoms with Gasteiger partial charge >= 0.3 is 5.69 Å². The predicted octanol–water partition coefficient (Wildman–Crippen LogP) is 5.85. The van der Waals surface area contributed by atoms with Crippen LogP contribution < -0.4 is 16.0 Å². The molecule has 3 heterocycles. The van der Waals surface area contributed by atoms with Crippen molar-refractivity contribution in [3.05, 3.63) is 68.4 Å². The van der Waals surface area contributed by atoms with E-state index in [9.17, 15) is 18.8 Å². The first-order chi connectivity index (χ1) is 19.3. The van der Waals surface area contributed by atoms with Crippen LogP contribution in [0, 0.1) is 18.7 Å². The minimum atomic E-state index is -1.43. The maximum atomic E-state index is 14.5. The quantitative estimate of drug-likeness (QED) is 0.217. The normalized spacial score (nSPS) is 13.0. The fourth-order valence-electron chi connectivity index (χ4n) is 4.95. The Morgan fingerprint density at radius 1 is 1.20 bits per heavy atom. The molecule has 4 aromatic rings. The second kappa shape index (κ2) is 11.7. The first-order valence-electron chi connectivity index (χ1n) is 13.5. The third kappa shape index (κ3) is 5.78. The fourth-order valence-corrected chi connectivity index (χ4v) is 6.19. The molecular weight excluding hydrogens is 549 g/mol. The lowest BCUT2D eigenvalue weighted by atomic mass is 9.91. The second-order valence-corrected chi connectivity index (χ2v) is 12.2. The summed E-state index contributed by atoms with van der Waals surface area (Å²) in [4.78, 5) is 47.0. The highest BCUT2D eigenvalue weighted by Gasteiger charge is 2.36. The van der Waals surface area contributed by atoms with E-state index in [1.165, 1.54) is 53.7 Å². The summed E-state index contributed by atoms with van der Waals surface area (Å²) in [6.45, 7) is 12.3. The molecule has 0 N–H and O–H groups in total. The molecule has 1 atom stereocenters. The maximum absolute atomic E-state index is 14.5. The van der Waals surface area contributed by atoms with Crippen molar-refractivity contribution in [2.75, 3.05) is 7.11 Å². The third-order valence-corrected chi connectivity index (χ3v) is 8.30. The van der Waals surface area contributed by atoms with Crippen LogP contribution in [0.25, 0.3) is 21.0 Å². The van der Waals surface area contributed by atoms with Gasteiger partial charge in [-0.1, -0.05) is 13.8 Å². The van der Waals surface area contributed by atoms with Crippen molar-refractivity contribution in [3.63, 3.8) is 0 Å². The van der Waals surface area contributed by atoms with Crippen molar-refractivity contribution < 1.29 is 23.1 Å². The van der Waals surface area contributed by atoms with E-state index in [0.29, 0.717) is 32.5 Å². The van der Waals surface area contributed by atoms with Crippen molar-refractivity contribution >= 4 is 27.3 Å². The number of oxazole rings is 1. The summed E-state index contributed by atoms with van der Waals surface area (Å²) in [6.07, 6.45) is 2.01. The molecule has 0 bridgehead atoms. The molecule has 1 aromatic carbocycles. The van der Waals surface area contributed by atoms with Crippen LogP contribution >= 0.6 is 11.3 Å². The first kappa shape index (κ1) is 30.4. The van der Waals surface area contributed by atoms with Gasteiger partial charge in [0.05, 0.1) is 36.2 Å². The molecule has 0 aliphatic carbocycles. The zero-order chi connectivity index (χ0) is 30.2. The lowest BCUT2D eigenvalue weighted by Gasteiger charge is -2.28. The van der Waals surface area contributed by atoms with E-state index in [1.807, 2.05) is 27.7 Å². The van der Waals surface area contributed by atoms with Gasteiger partial charge in [-0.25, -0.2) is 18.7 Å². The van der Waals surface area contributed by atoms with Crippen LogP contribution in [0.15, 0.2) is 44.7 Å². The number of carbonyl (C=O) groups excluding carboxylic acids is 1. The summed E-state index contributed by atoms with van der Waals surface area (Å²) in [5.41, 5.74) is -1.68. The molecule has 11 heteroatoms. The van der Waals surface area contributed by atoms with Crippen LogP contribution in [0.5, 0.6) is 5.75 Å². The van der Waals surface area contributed by atoms with E-state index in [0.717, 1.165) is 4.57 Å². The number of fused-ring (bicyclic) bond motifs is 1. The average molecular weight is 586 g/mol. The van der Waals surface area contributed by atoms with Gasteiger partial charge in [0.25, 0.3) is 5.56 Å². The van der Waals surface area contributed by atoms with Gasteiger partial charge in [0.2, 0.25) is 5.89 Å². The van der Waals surface area contributed by atoms with Crippen LogP contribution in [0.2, 0.25) is 0 Å². The molecule has 0 saturated carbocycles. The second-order valence-electron chi connectivity index (χ2n) is 11.2. The number of Topliss-reactive ketones (excluding diaryl/α,β-unsaturated/α-hetero) is 1. The molecule has 0 spiro atoms. The Bertz CT molecular complexity index is 1680. The minimum absolute atomic E-state index is 0.0345. The number of aryl methyl sites for hydroxylation is 1. The number of methoxy groups -OCH3 is 1. The summed E-state index contributed by atoms with van der Waals surface area (Å²) >= 11 is 1.19. The molecule has 220 valence electrons. The molecule has 0 aliphatic rings. The molecular formula is C30H36FN3O6S. The fraction of sp³-hybridized carbons (Fsp3) is 0.467. The van der Waals surface area contributed by atoms with Crippen LogP contribution in [0.3, 0.4) is 0 Å². The number of rotatable bonds is 11. The van der Waals surface area contributed by atoms with Crippen LogP contribution in [0.1, 0.15) is 65.2 Å². The van der Waals surface area contributed by atoms with Crippen molar-refractivity contribution in [2.45, 2.75) is 79.2 Å². The minimum Gasteiger partial charge on any atom is -0.496 e. The number of benzene rings is 1. The van der Waals surface area contributed by atoms with E-state index >= 15 is 0 Å². The Morgan fingerprint density at radius 2 is 1.90 bits per heavy atom. The van der Waals surface area contributed by atoms with Gasteiger partial charge in [-0.05, 0) is 64.3 Å². The van der Waals surface area contributed by atoms with Crippen molar-refractivity contribution in [3.8, 4) is 16.5 Å². The zero-order valence-electron chi connectivity index (χ0n) is 24.6. The highest BCUT2D eigenvalue weighted by molar-refractivity contribution is 7.22. The maximum Gasteiger partial charge on any atom is 0.333 e. The molecule has 0 saturated heterocycles. The Kier molecular flexibility index (Phi) is 8.70. The average Bonchev–Trinajstić information content (AvgIpc) is 3.53. The summed E-state index contributed by atoms with van der Waals surface area (Å²) in [5.74, 6) is 0.0158. The van der Waals surface area contributed by atoms with E-state index in [4.69, 9.17) is 13.9 Å². The third-order valence-electron chi connectivity index (χ3n) is 7.00. The predicted molar refractivity (Wildman–Crippen MR) is 156 cm³/mol. The number of halogens is 1. The molecule has 0 unspecified atom stereocenters. The van der Waals surface area contributed by atoms with Gasteiger partial charge < -0.3 is 13.9 Å². The molecule has 0 fully saturated rings. The number of aromatic nitrogens is 3. The largest absolute Gasteiger partial charge is 0.496 e. The molecule has 4 rings (SSSR count). The number of hydrogen-bond donors (Lipinski definition) is 0. The van der Waals surface area contributed by atoms with E-state index < -0.39 is 28.7 Å². The Balaban J connectivity index is 2.05. The van der Waals surface area contributed by atoms with Gasteiger partial charge in [-0.2, -0.15) is 0 Å². The van der Waals surface area contributed by atoms with Crippen molar-refractivity contribution in [1.82, 2.24) is 14.1 Å². The highest BCUT2D eigenvalue weighted by atomic mass is 32.1. The number of nitrogens with zero attached hydrogens (tertiary/aromatic N) is 3. The molecule has 3 aromatic heterocycles.